The van der Waals surface area contributed by atoms with Gasteiger partial charge in [-0.05, 0) is 6.07 Å². The fraction of sp³-hybridized carbons (Fsp3) is 0.375. The van der Waals surface area contributed by atoms with Crippen LogP contribution in [-0.2, 0) is 11.3 Å². The van der Waals surface area contributed by atoms with Gasteiger partial charge in [0.1, 0.15) is 5.82 Å². The van der Waals surface area contributed by atoms with Gasteiger partial charge in [0.15, 0.2) is 0 Å². The first-order chi connectivity index (χ1) is 6.29. The van der Waals surface area contributed by atoms with E-state index < -0.39 is 5.97 Å². The van der Waals surface area contributed by atoms with Gasteiger partial charge in [-0.1, -0.05) is 0 Å². The van der Waals surface area contributed by atoms with Gasteiger partial charge in [0.05, 0.1) is 13.0 Å². The average molecular weight is 181 g/mol. The molecule has 70 valence electrons. The maximum absolute atomic E-state index is 10.1. The molecule has 0 saturated carbocycles. The maximum atomic E-state index is 10.1. The Kier molecular flexibility index (Phi) is 3.84. The summed E-state index contributed by atoms with van der Waals surface area (Å²) < 4.78 is 0. The minimum Gasteiger partial charge on any atom is -0.481 e. The van der Waals surface area contributed by atoms with Crippen molar-refractivity contribution < 1.29 is 9.90 Å². The van der Waals surface area contributed by atoms with Gasteiger partial charge in [-0.15, -0.1) is 0 Å². The second kappa shape index (κ2) is 5.21. The average Bonchev–Trinajstić information content (AvgIpc) is 2.14. The van der Waals surface area contributed by atoms with Crippen LogP contribution in [0.4, 0.5) is 0 Å². The van der Waals surface area contributed by atoms with E-state index in [4.69, 9.17) is 5.11 Å². The summed E-state index contributed by atoms with van der Waals surface area (Å²) in [5.74, 6) is -0.130. The standard InChI is InChI=1S/C8H11N3O2/c12-8(13)2-5-9-6-7-10-3-1-4-11-7/h1,3-4,9H,2,5-6H2,(H,12,13). The normalized spacial score (nSPS) is 9.85. The van der Waals surface area contributed by atoms with Crippen molar-refractivity contribution in [1.82, 2.24) is 15.3 Å². The van der Waals surface area contributed by atoms with Crippen molar-refractivity contribution in [3.8, 4) is 0 Å². The van der Waals surface area contributed by atoms with Gasteiger partial charge in [-0.25, -0.2) is 9.97 Å². The van der Waals surface area contributed by atoms with Crippen LogP contribution in [0.15, 0.2) is 18.5 Å². The van der Waals surface area contributed by atoms with Crippen LogP contribution in [0.2, 0.25) is 0 Å². The molecule has 0 aliphatic carbocycles. The van der Waals surface area contributed by atoms with Crippen LogP contribution in [0, 0.1) is 0 Å². The Balaban J connectivity index is 2.17. The van der Waals surface area contributed by atoms with E-state index in [1.165, 1.54) is 0 Å². The summed E-state index contributed by atoms with van der Waals surface area (Å²) >= 11 is 0. The molecule has 0 fully saturated rings. The number of hydrogen-bond acceptors (Lipinski definition) is 4. The second-order valence-corrected chi connectivity index (χ2v) is 2.49. The van der Waals surface area contributed by atoms with Crippen molar-refractivity contribution in [2.45, 2.75) is 13.0 Å². The largest absolute Gasteiger partial charge is 0.481 e. The molecule has 1 rings (SSSR count). The number of nitrogens with one attached hydrogen (secondary N) is 1. The number of nitrogens with zero attached hydrogens (tertiary/aromatic N) is 2. The molecule has 0 spiro atoms. The molecule has 1 heterocycles. The third-order valence-electron chi connectivity index (χ3n) is 1.42. The lowest BCUT2D eigenvalue weighted by atomic mass is 10.4. The SMILES string of the molecule is O=C(O)CCNCc1ncccn1. The smallest absolute Gasteiger partial charge is 0.304 e. The Labute approximate surface area is 75.8 Å². The number of aromatic nitrogens is 2. The van der Waals surface area contributed by atoms with Crippen molar-refractivity contribution in [3.63, 3.8) is 0 Å². The van der Waals surface area contributed by atoms with Crippen LogP contribution < -0.4 is 5.32 Å². The fourth-order valence-corrected chi connectivity index (χ4v) is 0.817. The summed E-state index contributed by atoms with van der Waals surface area (Å²) in [5.41, 5.74) is 0. The van der Waals surface area contributed by atoms with Gasteiger partial charge in [-0.3, -0.25) is 4.79 Å². The van der Waals surface area contributed by atoms with E-state index in [0.717, 1.165) is 0 Å². The van der Waals surface area contributed by atoms with E-state index in [-0.39, 0.29) is 6.42 Å². The molecular formula is C8H11N3O2. The van der Waals surface area contributed by atoms with Crippen molar-refractivity contribution in [3.05, 3.63) is 24.3 Å². The Morgan fingerprint density at radius 1 is 1.46 bits per heavy atom. The highest BCUT2D eigenvalue weighted by molar-refractivity contribution is 5.66. The summed E-state index contributed by atoms with van der Waals surface area (Å²) in [4.78, 5) is 18.1. The zero-order valence-corrected chi connectivity index (χ0v) is 7.10. The van der Waals surface area contributed by atoms with E-state index in [1.807, 2.05) is 0 Å². The highest BCUT2D eigenvalue weighted by Gasteiger charge is 1.96. The lowest BCUT2D eigenvalue weighted by Gasteiger charge is -2.00. The molecule has 2 N–H and O–H groups in total. The van der Waals surface area contributed by atoms with Gasteiger partial charge in [-0.2, -0.15) is 0 Å². The van der Waals surface area contributed by atoms with Crippen LogP contribution >= 0.6 is 0 Å². The zero-order chi connectivity index (χ0) is 9.52. The molecule has 13 heavy (non-hydrogen) atoms. The summed E-state index contributed by atoms with van der Waals surface area (Å²) in [6, 6.07) is 1.74. The molecular weight excluding hydrogens is 170 g/mol. The fourth-order valence-electron chi connectivity index (χ4n) is 0.817. The van der Waals surface area contributed by atoms with Crippen molar-refractivity contribution in [1.29, 1.82) is 0 Å². The molecule has 0 aliphatic rings. The van der Waals surface area contributed by atoms with Crippen LogP contribution in [0.3, 0.4) is 0 Å². The number of aliphatic carboxylic acids is 1. The Bertz CT molecular complexity index is 263. The molecule has 0 amide bonds. The molecule has 0 bridgehead atoms. The molecule has 0 aliphatic heterocycles. The third-order valence-corrected chi connectivity index (χ3v) is 1.42. The molecule has 0 atom stereocenters. The molecule has 5 nitrogen and oxygen atoms in total. The highest BCUT2D eigenvalue weighted by Crippen LogP contribution is 1.86. The molecule has 0 radical (unpaired) electrons. The predicted octanol–water partition coefficient (Wildman–Crippen LogP) is 0.0409. The minimum absolute atomic E-state index is 0.118. The first kappa shape index (κ1) is 9.60. The van der Waals surface area contributed by atoms with Crippen molar-refractivity contribution in [2.24, 2.45) is 0 Å². The van der Waals surface area contributed by atoms with Crippen LogP contribution in [0.25, 0.3) is 0 Å². The number of carboxylic acids is 1. The van der Waals surface area contributed by atoms with Gasteiger partial charge < -0.3 is 10.4 Å². The first-order valence-electron chi connectivity index (χ1n) is 3.97. The molecule has 0 unspecified atom stereocenters. The Morgan fingerprint density at radius 3 is 2.77 bits per heavy atom. The summed E-state index contributed by atoms with van der Waals surface area (Å²) in [6.45, 7) is 0.946. The van der Waals surface area contributed by atoms with Gasteiger partial charge in [0.25, 0.3) is 0 Å². The monoisotopic (exact) mass is 181 g/mol. The summed E-state index contributed by atoms with van der Waals surface area (Å²) in [7, 11) is 0. The zero-order valence-electron chi connectivity index (χ0n) is 7.10. The number of hydrogen-bond donors (Lipinski definition) is 2. The molecule has 0 saturated heterocycles. The van der Waals surface area contributed by atoms with E-state index >= 15 is 0 Å². The topological polar surface area (TPSA) is 75.1 Å². The van der Waals surface area contributed by atoms with Gasteiger partial charge in [0, 0.05) is 18.9 Å². The van der Waals surface area contributed by atoms with Crippen LogP contribution in [-0.4, -0.2) is 27.6 Å². The number of carboxylic acid groups (broad SMARTS) is 1. The summed E-state index contributed by atoms with van der Waals surface area (Å²) in [6.07, 6.45) is 3.43. The number of rotatable bonds is 5. The Morgan fingerprint density at radius 2 is 2.15 bits per heavy atom. The molecule has 1 aromatic heterocycles. The lowest BCUT2D eigenvalue weighted by molar-refractivity contribution is -0.136. The second-order valence-electron chi connectivity index (χ2n) is 2.49. The maximum Gasteiger partial charge on any atom is 0.304 e. The third kappa shape index (κ3) is 4.17. The Hall–Kier alpha value is -1.49. The molecule has 0 aromatic carbocycles. The first-order valence-corrected chi connectivity index (χ1v) is 3.97. The van der Waals surface area contributed by atoms with E-state index in [1.54, 1.807) is 18.5 Å². The molecule has 1 aromatic rings. The quantitative estimate of drug-likeness (QED) is 0.627. The van der Waals surface area contributed by atoms with Crippen molar-refractivity contribution >= 4 is 5.97 Å². The lowest BCUT2D eigenvalue weighted by Crippen LogP contribution is -2.18. The van der Waals surface area contributed by atoms with Crippen LogP contribution in [0.1, 0.15) is 12.2 Å². The minimum atomic E-state index is -0.804. The summed E-state index contributed by atoms with van der Waals surface area (Å²) in [5, 5.41) is 11.3. The molecule has 5 heteroatoms. The van der Waals surface area contributed by atoms with E-state index in [0.29, 0.717) is 18.9 Å². The number of carbonyl (C=O) groups is 1. The predicted molar refractivity (Wildman–Crippen MR) is 46.0 cm³/mol. The van der Waals surface area contributed by atoms with E-state index in [9.17, 15) is 4.79 Å². The highest BCUT2D eigenvalue weighted by atomic mass is 16.4. The van der Waals surface area contributed by atoms with Gasteiger partial charge in [0.2, 0.25) is 0 Å². The van der Waals surface area contributed by atoms with Crippen LogP contribution in [0.5, 0.6) is 0 Å². The van der Waals surface area contributed by atoms with Crippen molar-refractivity contribution in [2.75, 3.05) is 6.54 Å². The van der Waals surface area contributed by atoms with E-state index in [2.05, 4.69) is 15.3 Å². The van der Waals surface area contributed by atoms with Gasteiger partial charge >= 0.3 is 5.97 Å².